The normalized spacial score (nSPS) is 10.3. The van der Waals surface area contributed by atoms with Crippen LogP contribution in [-0.2, 0) is 0 Å². The molecule has 0 atom stereocenters. The molecule has 0 saturated carbocycles. The van der Waals surface area contributed by atoms with E-state index in [4.69, 9.17) is 0 Å². The van der Waals surface area contributed by atoms with Crippen molar-refractivity contribution in [3.63, 3.8) is 0 Å². The van der Waals surface area contributed by atoms with Crippen LogP contribution in [0.1, 0.15) is 20.9 Å². The van der Waals surface area contributed by atoms with Crippen LogP contribution in [0.5, 0.6) is 0 Å². The molecular formula is C11H10IN3OS. The quantitative estimate of drug-likeness (QED) is 0.839. The zero-order valence-electron chi connectivity index (χ0n) is 9.32. The summed E-state index contributed by atoms with van der Waals surface area (Å²) in [4.78, 5) is 12.5. The van der Waals surface area contributed by atoms with Crippen LogP contribution < -0.4 is 5.32 Å². The maximum Gasteiger partial charge on any atom is 0.269 e. The maximum absolute atomic E-state index is 11.9. The molecule has 0 spiro atoms. The Morgan fingerprint density at radius 1 is 1.41 bits per heavy atom. The van der Waals surface area contributed by atoms with E-state index in [1.165, 1.54) is 5.56 Å². The molecule has 17 heavy (non-hydrogen) atoms. The summed E-state index contributed by atoms with van der Waals surface area (Å²) in [6, 6.07) is 5.81. The first-order chi connectivity index (χ1) is 8.08. The molecule has 0 unspecified atom stereocenters. The number of benzene rings is 1. The van der Waals surface area contributed by atoms with E-state index in [1.807, 2.05) is 25.1 Å². The summed E-state index contributed by atoms with van der Waals surface area (Å²) in [6.07, 6.45) is 0. The average Bonchev–Trinajstić information content (AvgIpc) is 2.70. The van der Waals surface area contributed by atoms with Crippen molar-refractivity contribution in [2.75, 3.05) is 5.32 Å². The fourth-order valence-corrected chi connectivity index (χ4v) is 2.37. The zero-order chi connectivity index (χ0) is 12.4. The number of hydrogen-bond acceptors (Lipinski definition) is 4. The van der Waals surface area contributed by atoms with E-state index in [9.17, 15) is 4.79 Å². The Morgan fingerprint density at radius 2 is 2.18 bits per heavy atom. The zero-order valence-corrected chi connectivity index (χ0v) is 12.3. The van der Waals surface area contributed by atoms with Crippen LogP contribution in [0.2, 0.25) is 0 Å². The largest absolute Gasteiger partial charge is 0.321 e. The van der Waals surface area contributed by atoms with Gasteiger partial charge in [-0.3, -0.25) is 4.79 Å². The van der Waals surface area contributed by atoms with Crippen molar-refractivity contribution in [2.24, 2.45) is 0 Å². The lowest BCUT2D eigenvalue weighted by molar-refractivity contribution is 0.103. The monoisotopic (exact) mass is 359 g/mol. The second-order valence-corrected chi connectivity index (χ2v) is 5.52. The van der Waals surface area contributed by atoms with Crippen molar-refractivity contribution < 1.29 is 4.79 Å². The van der Waals surface area contributed by atoms with Crippen LogP contribution in [0.25, 0.3) is 0 Å². The molecule has 88 valence electrons. The standard InChI is InChI=1S/C11H10IN3OS/c1-6-3-4-8(5-9(6)12)13-11(16)10-7(2)14-15-17-10/h3-5H,1-2H3,(H,13,16). The minimum absolute atomic E-state index is 0.155. The van der Waals surface area contributed by atoms with Gasteiger partial charge in [0.2, 0.25) is 0 Å². The Bertz CT molecular complexity index is 568. The highest BCUT2D eigenvalue weighted by molar-refractivity contribution is 14.1. The number of nitrogens with one attached hydrogen (secondary N) is 1. The second kappa shape index (κ2) is 5.09. The molecular weight excluding hydrogens is 349 g/mol. The van der Waals surface area contributed by atoms with Crippen LogP contribution in [0.3, 0.4) is 0 Å². The third-order valence-corrected chi connectivity index (χ3v) is 4.28. The number of nitrogens with zero attached hydrogens (tertiary/aromatic N) is 2. The first kappa shape index (κ1) is 12.4. The summed E-state index contributed by atoms with van der Waals surface area (Å²) in [5, 5.41) is 6.66. The van der Waals surface area contributed by atoms with Gasteiger partial charge in [-0.05, 0) is 65.7 Å². The number of halogens is 1. The van der Waals surface area contributed by atoms with E-state index in [-0.39, 0.29) is 5.91 Å². The van der Waals surface area contributed by atoms with Gasteiger partial charge in [0.1, 0.15) is 4.88 Å². The lowest BCUT2D eigenvalue weighted by atomic mass is 10.2. The Balaban J connectivity index is 2.19. The highest BCUT2D eigenvalue weighted by Crippen LogP contribution is 2.18. The van der Waals surface area contributed by atoms with Crippen LogP contribution in [0.4, 0.5) is 5.69 Å². The molecule has 2 aromatic rings. The van der Waals surface area contributed by atoms with Crippen LogP contribution in [0.15, 0.2) is 18.2 Å². The topological polar surface area (TPSA) is 54.9 Å². The Labute approximate surface area is 117 Å². The van der Waals surface area contributed by atoms with E-state index in [2.05, 4.69) is 37.5 Å². The molecule has 0 aliphatic carbocycles. The Morgan fingerprint density at radius 3 is 2.76 bits per heavy atom. The third-order valence-electron chi connectivity index (χ3n) is 2.29. The fraction of sp³-hybridized carbons (Fsp3) is 0.182. The van der Waals surface area contributed by atoms with Gasteiger partial charge in [-0.25, -0.2) is 0 Å². The van der Waals surface area contributed by atoms with Gasteiger partial charge in [0.25, 0.3) is 5.91 Å². The number of carbonyl (C=O) groups excluding carboxylic acids is 1. The van der Waals surface area contributed by atoms with Gasteiger partial charge in [0, 0.05) is 9.26 Å². The summed E-state index contributed by atoms with van der Waals surface area (Å²) in [5.74, 6) is -0.155. The van der Waals surface area contributed by atoms with Crippen LogP contribution in [-0.4, -0.2) is 15.5 Å². The molecule has 1 aromatic carbocycles. The molecule has 0 radical (unpaired) electrons. The molecule has 1 amide bonds. The van der Waals surface area contributed by atoms with Gasteiger partial charge in [-0.1, -0.05) is 10.6 Å². The fourth-order valence-electron chi connectivity index (χ4n) is 1.30. The van der Waals surface area contributed by atoms with Crippen LogP contribution >= 0.6 is 34.1 Å². The van der Waals surface area contributed by atoms with Gasteiger partial charge in [0.05, 0.1) is 5.69 Å². The molecule has 6 heteroatoms. The van der Waals surface area contributed by atoms with Gasteiger partial charge in [-0.15, -0.1) is 5.10 Å². The third kappa shape index (κ3) is 2.81. The van der Waals surface area contributed by atoms with Crippen molar-refractivity contribution in [1.82, 2.24) is 9.59 Å². The highest BCUT2D eigenvalue weighted by atomic mass is 127. The second-order valence-electron chi connectivity index (χ2n) is 3.61. The molecule has 1 N–H and O–H groups in total. The van der Waals surface area contributed by atoms with Gasteiger partial charge >= 0.3 is 0 Å². The number of carbonyl (C=O) groups is 1. The molecule has 0 saturated heterocycles. The lowest BCUT2D eigenvalue weighted by Crippen LogP contribution is -2.11. The number of aromatic nitrogens is 2. The smallest absolute Gasteiger partial charge is 0.269 e. The van der Waals surface area contributed by atoms with E-state index in [1.54, 1.807) is 6.92 Å². The van der Waals surface area contributed by atoms with E-state index in [0.717, 1.165) is 20.8 Å². The van der Waals surface area contributed by atoms with Gasteiger partial charge in [-0.2, -0.15) is 0 Å². The highest BCUT2D eigenvalue weighted by Gasteiger charge is 2.13. The minimum Gasteiger partial charge on any atom is -0.321 e. The number of rotatable bonds is 2. The van der Waals surface area contributed by atoms with E-state index in [0.29, 0.717) is 10.6 Å². The average molecular weight is 359 g/mol. The Kier molecular flexibility index (Phi) is 3.72. The summed E-state index contributed by atoms with van der Waals surface area (Å²) in [7, 11) is 0. The van der Waals surface area contributed by atoms with Gasteiger partial charge in [0.15, 0.2) is 0 Å². The first-order valence-electron chi connectivity index (χ1n) is 4.94. The number of anilines is 1. The van der Waals surface area contributed by atoms with Crippen molar-refractivity contribution in [2.45, 2.75) is 13.8 Å². The lowest BCUT2D eigenvalue weighted by Gasteiger charge is -2.05. The predicted octanol–water partition coefficient (Wildman–Crippen LogP) is 3.01. The summed E-state index contributed by atoms with van der Waals surface area (Å²) in [6.45, 7) is 3.81. The van der Waals surface area contributed by atoms with E-state index < -0.39 is 0 Å². The van der Waals surface area contributed by atoms with Crippen LogP contribution in [0, 0.1) is 17.4 Å². The predicted molar refractivity (Wildman–Crippen MR) is 76.5 cm³/mol. The number of hydrogen-bond donors (Lipinski definition) is 1. The molecule has 0 bridgehead atoms. The number of amides is 1. The van der Waals surface area contributed by atoms with Gasteiger partial charge < -0.3 is 5.32 Å². The molecule has 2 rings (SSSR count). The summed E-state index contributed by atoms with van der Waals surface area (Å²) >= 11 is 3.35. The summed E-state index contributed by atoms with van der Waals surface area (Å²) in [5.41, 5.74) is 2.64. The minimum atomic E-state index is -0.155. The van der Waals surface area contributed by atoms with Crippen molar-refractivity contribution >= 4 is 45.7 Å². The molecule has 4 nitrogen and oxygen atoms in total. The first-order valence-corrected chi connectivity index (χ1v) is 6.79. The maximum atomic E-state index is 11.9. The molecule has 0 fully saturated rings. The summed E-state index contributed by atoms with van der Waals surface area (Å²) < 4.78 is 4.87. The van der Waals surface area contributed by atoms with Crippen molar-refractivity contribution in [3.05, 3.63) is 37.9 Å². The van der Waals surface area contributed by atoms with Crippen molar-refractivity contribution in [1.29, 1.82) is 0 Å². The molecule has 0 aliphatic rings. The Hall–Kier alpha value is -1.02. The molecule has 0 aliphatic heterocycles. The van der Waals surface area contributed by atoms with E-state index >= 15 is 0 Å². The van der Waals surface area contributed by atoms with Crippen molar-refractivity contribution in [3.8, 4) is 0 Å². The molecule has 1 aromatic heterocycles. The number of aryl methyl sites for hydroxylation is 2. The molecule has 1 heterocycles. The SMILES string of the molecule is Cc1ccc(NC(=O)c2snnc2C)cc1I.